The molecule has 0 spiro atoms. The van der Waals surface area contributed by atoms with E-state index in [2.05, 4.69) is 11.6 Å². The third-order valence-electron chi connectivity index (χ3n) is 1.70. The van der Waals surface area contributed by atoms with Crippen molar-refractivity contribution in [3.63, 3.8) is 0 Å². The van der Waals surface area contributed by atoms with E-state index in [9.17, 15) is 4.79 Å². The Balaban J connectivity index is 2.78. The van der Waals surface area contributed by atoms with Crippen LogP contribution in [0.15, 0.2) is 30.3 Å². The average molecular weight is 306 g/mol. The van der Waals surface area contributed by atoms with E-state index in [0.29, 0.717) is 39.4 Å². The summed E-state index contributed by atoms with van der Waals surface area (Å²) in [6.45, 7) is 0. The van der Waals surface area contributed by atoms with E-state index in [1.807, 2.05) is 30.3 Å². The molecule has 1 nitrogen and oxygen atoms in total. The molecule has 1 rings (SSSR count). The van der Waals surface area contributed by atoms with Crippen molar-refractivity contribution in [1.82, 2.24) is 0 Å². The first-order chi connectivity index (χ1) is 6.29. The van der Waals surface area contributed by atoms with Crippen LogP contribution in [0.4, 0.5) is 0 Å². The van der Waals surface area contributed by atoms with Crippen LogP contribution in [0.5, 0.6) is 0 Å². The minimum absolute atomic E-state index is 0.322. The van der Waals surface area contributed by atoms with Gasteiger partial charge >= 0.3 is 91.7 Å². The van der Waals surface area contributed by atoms with Gasteiger partial charge < -0.3 is 0 Å². The summed E-state index contributed by atoms with van der Waals surface area (Å²) in [5.74, 6) is 4.62. The summed E-state index contributed by atoms with van der Waals surface area (Å²) in [4.78, 5) is 11.8. The number of Topliss-reactive ketones (excluding diaryl/α,β-unsaturated/α-hetero) is 1. The van der Waals surface area contributed by atoms with Crippen LogP contribution in [0.2, 0.25) is 15.4 Å². The Morgan fingerprint density at radius 3 is 2.15 bits per heavy atom. The predicted octanol–water partition coefficient (Wildman–Crippen LogP) is 2.12. The number of hydrogen-bond donors (Lipinski definition) is 0. The zero-order chi connectivity index (χ0) is 9.68. The Morgan fingerprint density at radius 2 is 1.69 bits per heavy atom. The monoisotopic (exact) mass is 308 g/mol. The average Bonchev–Trinajstić information content (AvgIpc) is 2.21. The van der Waals surface area contributed by atoms with Gasteiger partial charge in [0.1, 0.15) is 0 Å². The molecule has 0 N–H and O–H groups in total. The summed E-state index contributed by atoms with van der Waals surface area (Å²) in [6.07, 6.45) is 0. The summed E-state index contributed by atoms with van der Waals surface area (Å²) < 4.78 is 0.322. The molecular formula is C10H12OSe2. The molecule has 0 radical (unpaired) electrons. The van der Waals surface area contributed by atoms with Crippen LogP contribution in [-0.2, 0) is 0 Å². The van der Waals surface area contributed by atoms with Crippen molar-refractivity contribution in [1.29, 1.82) is 0 Å². The second-order valence-electron chi connectivity index (χ2n) is 2.53. The molecule has 0 aromatic heterocycles. The molecular weight excluding hydrogens is 294 g/mol. The zero-order valence-corrected chi connectivity index (χ0v) is 11.1. The fourth-order valence-corrected chi connectivity index (χ4v) is 5.02. The molecule has 0 aliphatic carbocycles. The summed E-state index contributed by atoms with van der Waals surface area (Å²) in [5, 5.41) is 0. The van der Waals surface area contributed by atoms with E-state index in [1.165, 1.54) is 0 Å². The number of rotatable bonds is 4. The maximum absolute atomic E-state index is 11.8. The van der Waals surface area contributed by atoms with E-state index in [4.69, 9.17) is 0 Å². The second kappa shape index (κ2) is 5.62. The fraction of sp³-hybridized carbons (Fsp3) is 0.300. The van der Waals surface area contributed by atoms with Crippen LogP contribution < -0.4 is 0 Å². The SMILES string of the molecule is C[Se]C([Se]C)C(=O)c1ccccc1. The van der Waals surface area contributed by atoms with Crippen LogP contribution in [-0.4, -0.2) is 35.7 Å². The van der Waals surface area contributed by atoms with Crippen molar-refractivity contribution >= 4 is 35.7 Å². The van der Waals surface area contributed by atoms with Crippen LogP contribution in [0.3, 0.4) is 0 Å². The van der Waals surface area contributed by atoms with Gasteiger partial charge in [0, 0.05) is 0 Å². The first-order valence-corrected chi connectivity index (χ1v) is 9.35. The molecule has 0 amide bonds. The molecule has 3 heteroatoms. The van der Waals surface area contributed by atoms with Gasteiger partial charge in [-0.05, 0) is 0 Å². The number of benzene rings is 1. The number of ketones is 1. The summed E-state index contributed by atoms with van der Waals surface area (Å²) in [5.41, 5.74) is 0.875. The Bertz CT molecular complexity index is 268. The maximum atomic E-state index is 11.8. The fourth-order valence-electron chi connectivity index (χ4n) is 1.05. The van der Waals surface area contributed by atoms with Crippen molar-refractivity contribution in [2.45, 2.75) is 15.4 Å². The van der Waals surface area contributed by atoms with E-state index in [-0.39, 0.29) is 0 Å². The van der Waals surface area contributed by atoms with Crippen molar-refractivity contribution in [2.75, 3.05) is 0 Å². The molecule has 70 valence electrons. The molecule has 0 fully saturated rings. The predicted molar refractivity (Wildman–Crippen MR) is 57.8 cm³/mol. The second-order valence-corrected chi connectivity index (χ2v) is 8.00. The Hall–Kier alpha value is -0.0710. The number of hydrogen-bond acceptors (Lipinski definition) is 1. The summed E-state index contributed by atoms with van der Waals surface area (Å²) >= 11 is 0.892. The van der Waals surface area contributed by atoms with E-state index < -0.39 is 0 Å². The molecule has 1 aromatic carbocycles. The number of carbonyl (C=O) groups is 1. The third-order valence-corrected chi connectivity index (χ3v) is 8.59. The standard InChI is InChI=1S/C10H12OSe2/c1-12-10(13-2)9(11)8-6-4-3-5-7-8/h3-7,10H,1-2H3. The van der Waals surface area contributed by atoms with Crippen molar-refractivity contribution < 1.29 is 4.79 Å². The Labute approximate surface area is 91.6 Å². The molecule has 0 saturated heterocycles. The topological polar surface area (TPSA) is 17.1 Å². The van der Waals surface area contributed by atoms with Gasteiger partial charge in [-0.1, -0.05) is 0 Å². The van der Waals surface area contributed by atoms with Gasteiger partial charge in [-0.3, -0.25) is 0 Å². The molecule has 0 bridgehead atoms. The van der Waals surface area contributed by atoms with Gasteiger partial charge in [-0.2, -0.15) is 0 Å². The first kappa shape index (κ1) is 11.0. The van der Waals surface area contributed by atoms with Crippen LogP contribution >= 0.6 is 0 Å². The van der Waals surface area contributed by atoms with E-state index >= 15 is 0 Å². The van der Waals surface area contributed by atoms with Crippen molar-refractivity contribution in [3.05, 3.63) is 35.9 Å². The quantitative estimate of drug-likeness (QED) is 0.615. The normalized spacial score (nSPS) is 10.4. The van der Waals surface area contributed by atoms with Gasteiger partial charge in [0.25, 0.3) is 0 Å². The molecule has 13 heavy (non-hydrogen) atoms. The zero-order valence-electron chi connectivity index (χ0n) is 7.69. The Morgan fingerprint density at radius 1 is 1.15 bits per heavy atom. The van der Waals surface area contributed by atoms with E-state index in [0.717, 1.165) is 5.56 Å². The van der Waals surface area contributed by atoms with Gasteiger partial charge in [0.2, 0.25) is 0 Å². The van der Waals surface area contributed by atoms with Crippen molar-refractivity contribution in [3.8, 4) is 0 Å². The third kappa shape index (κ3) is 2.96. The van der Waals surface area contributed by atoms with Crippen LogP contribution in [0, 0.1) is 0 Å². The molecule has 0 unspecified atom stereocenters. The minimum atomic E-state index is 0.322. The van der Waals surface area contributed by atoms with Crippen LogP contribution in [0.25, 0.3) is 0 Å². The Kier molecular flexibility index (Phi) is 4.75. The van der Waals surface area contributed by atoms with Gasteiger partial charge in [-0.15, -0.1) is 0 Å². The molecule has 0 saturated carbocycles. The molecule has 0 heterocycles. The summed E-state index contributed by atoms with van der Waals surface area (Å²) in [6, 6.07) is 9.62. The van der Waals surface area contributed by atoms with Crippen molar-refractivity contribution in [2.24, 2.45) is 0 Å². The molecule has 0 aliphatic rings. The van der Waals surface area contributed by atoms with E-state index in [1.54, 1.807) is 0 Å². The molecule has 0 aliphatic heterocycles. The number of carbonyl (C=O) groups excluding carboxylic acids is 1. The molecule has 0 atom stereocenters. The summed E-state index contributed by atoms with van der Waals surface area (Å²) in [7, 11) is 0. The molecule has 1 aromatic rings. The van der Waals surface area contributed by atoms with Gasteiger partial charge in [0.15, 0.2) is 0 Å². The van der Waals surface area contributed by atoms with Gasteiger partial charge in [-0.25, -0.2) is 0 Å². The van der Waals surface area contributed by atoms with Gasteiger partial charge in [0.05, 0.1) is 0 Å². The first-order valence-electron chi connectivity index (χ1n) is 3.94. The van der Waals surface area contributed by atoms with Crippen LogP contribution in [0.1, 0.15) is 10.4 Å².